The van der Waals surface area contributed by atoms with Crippen molar-refractivity contribution in [2.24, 2.45) is 0 Å². The molecule has 0 aromatic rings. The van der Waals surface area contributed by atoms with Gasteiger partial charge in [0.2, 0.25) is 0 Å². The van der Waals surface area contributed by atoms with Crippen LogP contribution in [0.1, 0.15) is 13.3 Å². The Morgan fingerprint density at radius 2 is 2.31 bits per heavy atom. The fourth-order valence-corrected chi connectivity index (χ4v) is 0.701. The second-order valence-electron chi connectivity index (χ2n) is 2.00. The molecule has 5 nitrogen and oxygen atoms in total. The Morgan fingerprint density at radius 3 is 2.77 bits per heavy atom. The van der Waals surface area contributed by atoms with Gasteiger partial charge in [-0.2, -0.15) is 8.78 Å². The van der Waals surface area contributed by atoms with Gasteiger partial charge in [0.1, 0.15) is 12.0 Å². The normalized spacial score (nSPS) is 11.4. The SMILES string of the molecule is CCCNC(=O)C(F)(F)SOOO. The van der Waals surface area contributed by atoms with E-state index in [0.29, 0.717) is 6.42 Å². The first-order valence-electron chi connectivity index (χ1n) is 3.36. The molecule has 1 amide bonds. The van der Waals surface area contributed by atoms with E-state index in [1.54, 1.807) is 6.92 Å². The second-order valence-corrected chi connectivity index (χ2v) is 2.81. The quantitative estimate of drug-likeness (QED) is 0.397. The maximum absolute atomic E-state index is 12.6. The molecule has 78 valence electrons. The Bertz CT molecular complexity index is 169. The summed E-state index contributed by atoms with van der Waals surface area (Å²) in [5.74, 6) is -1.49. The van der Waals surface area contributed by atoms with Crippen LogP contribution in [0, 0.1) is 0 Å². The largest absolute Gasteiger partial charge is 0.397 e. The highest BCUT2D eigenvalue weighted by Crippen LogP contribution is 2.29. The van der Waals surface area contributed by atoms with Crippen molar-refractivity contribution in [2.75, 3.05) is 6.54 Å². The van der Waals surface area contributed by atoms with Gasteiger partial charge >= 0.3 is 11.2 Å². The van der Waals surface area contributed by atoms with E-state index in [0.717, 1.165) is 0 Å². The van der Waals surface area contributed by atoms with Crippen molar-refractivity contribution in [1.82, 2.24) is 5.32 Å². The van der Waals surface area contributed by atoms with Gasteiger partial charge in [-0.3, -0.25) is 4.79 Å². The molecule has 0 unspecified atom stereocenters. The van der Waals surface area contributed by atoms with Crippen LogP contribution in [0.5, 0.6) is 0 Å². The molecule has 0 aliphatic carbocycles. The van der Waals surface area contributed by atoms with Gasteiger partial charge in [-0.1, -0.05) is 12.0 Å². The molecule has 0 aromatic carbocycles. The zero-order valence-electron chi connectivity index (χ0n) is 6.75. The molecule has 0 saturated carbocycles. The van der Waals surface area contributed by atoms with Crippen LogP contribution in [0.4, 0.5) is 8.78 Å². The summed E-state index contributed by atoms with van der Waals surface area (Å²) in [7, 11) is 0. The summed E-state index contributed by atoms with van der Waals surface area (Å²) in [4.78, 5) is 10.6. The minimum absolute atomic E-state index is 0.148. The van der Waals surface area contributed by atoms with Crippen LogP contribution in [-0.2, 0) is 14.2 Å². The topological polar surface area (TPSA) is 67.8 Å². The van der Waals surface area contributed by atoms with E-state index in [1.165, 1.54) is 0 Å². The summed E-state index contributed by atoms with van der Waals surface area (Å²) in [6.45, 7) is 1.87. The van der Waals surface area contributed by atoms with Crippen LogP contribution < -0.4 is 5.32 Å². The molecule has 0 spiro atoms. The average Bonchev–Trinajstić information content (AvgIpc) is 2.10. The first-order valence-corrected chi connectivity index (χ1v) is 4.10. The van der Waals surface area contributed by atoms with Crippen LogP contribution in [-0.4, -0.2) is 23.0 Å². The van der Waals surface area contributed by atoms with Crippen molar-refractivity contribution in [2.45, 2.75) is 18.6 Å². The lowest BCUT2D eigenvalue weighted by Gasteiger charge is -2.11. The Kier molecular flexibility index (Phi) is 5.88. The van der Waals surface area contributed by atoms with Crippen molar-refractivity contribution < 1.29 is 28.2 Å². The molecule has 13 heavy (non-hydrogen) atoms. The van der Waals surface area contributed by atoms with Gasteiger partial charge in [0.25, 0.3) is 0 Å². The number of nitrogens with one attached hydrogen (secondary N) is 1. The number of rotatable bonds is 6. The Labute approximate surface area is 77.5 Å². The highest BCUT2D eigenvalue weighted by atomic mass is 32.2. The van der Waals surface area contributed by atoms with Crippen molar-refractivity contribution in [3.05, 3.63) is 0 Å². The van der Waals surface area contributed by atoms with E-state index in [-0.39, 0.29) is 6.54 Å². The molecule has 0 saturated heterocycles. The van der Waals surface area contributed by atoms with Crippen LogP contribution in [0.2, 0.25) is 0 Å². The molecule has 0 atom stereocenters. The molecule has 0 aromatic heterocycles. The smallest absolute Gasteiger partial charge is 0.350 e. The van der Waals surface area contributed by atoms with Crippen molar-refractivity contribution in [3.63, 3.8) is 0 Å². The predicted octanol–water partition coefficient (Wildman–Crippen LogP) is 1.17. The van der Waals surface area contributed by atoms with Gasteiger partial charge in [-0.25, -0.2) is 5.26 Å². The maximum Gasteiger partial charge on any atom is 0.397 e. The maximum atomic E-state index is 12.6. The number of halogens is 2. The number of hydrogen-bond acceptors (Lipinski definition) is 5. The van der Waals surface area contributed by atoms with Gasteiger partial charge in [0, 0.05) is 6.54 Å². The van der Waals surface area contributed by atoms with Crippen LogP contribution in [0.15, 0.2) is 0 Å². The molecule has 0 heterocycles. The summed E-state index contributed by atoms with van der Waals surface area (Å²) in [5.41, 5.74) is 0. The van der Waals surface area contributed by atoms with E-state index < -0.39 is 23.2 Å². The monoisotopic (exact) mass is 217 g/mol. The first-order chi connectivity index (χ1) is 6.04. The molecular weight excluding hydrogens is 208 g/mol. The molecule has 0 bridgehead atoms. The third-order valence-electron chi connectivity index (χ3n) is 0.969. The third-order valence-corrected chi connectivity index (χ3v) is 1.49. The minimum atomic E-state index is -3.78. The van der Waals surface area contributed by atoms with Crippen LogP contribution in [0.25, 0.3) is 0 Å². The van der Waals surface area contributed by atoms with Gasteiger partial charge in [0.05, 0.1) is 0 Å². The van der Waals surface area contributed by atoms with Gasteiger partial charge < -0.3 is 5.32 Å². The number of carbonyl (C=O) groups is 1. The molecule has 0 fully saturated rings. The molecule has 0 rings (SSSR count). The lowest BCUT2D eigenvalue weighted by Crippen LogP contribution is -2.38. The average molecular weight is 217 g/mol. The van der Waals surface area contributed by atoms with Crippen molar-refractivity contribution in [3.8, 4) is 0 Å². The summed E-state index contributed by atoms with van der Waals surface area (Å²) < 4.78 is 28.6. The molecule has 8 heteroatoms. The number of hydrogen-bond donors (Lipinski definition) is 2. The fourth-order valence-electron chi connectivity index (χ4n) is 0.437. The summed E-state index contributed by atoms with van der Waals surface area (Å²) in [6.07, 6.45) is 0.545. The third kappa shape index (κ3) is 4.98. The first kappa shape index (κ1) is 12.6. The van der Waals surface area contributed by atoms with Crippen LogP contribution >= 0.6 is 12.0 Å². The van der Waals surface area contributed by atoms with Crippen molar-refractivity contribution in [1.29, 1.82) is 0 Å². The Morgan fingerprint density at radius 1 is 1.69 bits per heavy atom. The fraction of sp³-hybridized carbons (Fsp3) is 0.800. The Hall–Kier alpha value is -0.440. The molecule has 0 aliphatic heterocycles. The highest BCUT2D eigenvalue weighted by molar-refractivity contribution is 7.96. The van der Waals surface area contributed by atoms with E-state index in [1.807, 2.05) is 5.32 Å². The van der Waals surface area contributed by atoms with E-state index in [2.05, 4.69) is 9.37 Å². The number of alkyl halides is 2. The molecule has 0 radical (unpaired) electrons. The predicted molar refractivity (Wildman–Crippen MR) is 40.6 cm³/mol. The summed E-state index contributed by atoms with van der Waals surface area (Å²) in [6, 6.07) is 0. The van der Waals surface area contributed by atoms with Gasteiger partial charge in [-0.05, 0) is 6.42 Å². The van der Waals surface area contributed by atoms with E-state index >= 15 is 0 Å². The summed E-state index contributed by atoms with van der Waals surface area (Å²) in [5, 5.41) is 8.69. The Balaban J connectivity index is 3.87. The molecule has 0 aliphatic rings. The zero-order valence-corrected chi connectivity index (χ0v) is 7.57. The number of carbonyl (C=O) groups excluding carboxylic acids is 1. The van der Waals surface area contributed by atoms with E-state index in [4.69, 9.17) is 5.26 Å². The number of amides is 1. The molecular formula is C5H9F2NO4S. The van der Waals surface area contributed by atoms with Gasteiger partial charge in [-0.15, -0.1) is 4.33 Å². The van der Waals surface area contributed by atoms with Crippen LogP contribution in [0.3, 0.4) is 0 Å². The second kappa shape index (κ2) is 6.08. The van der Waals surface area contributed by atoms with Gasteiger partial charge in [0.15, 0.2) is 0 Å². The lowest BCUT2D eigenvalue weighted by molar-refractivity contribution is -0.433. The van der Waals surface area contributed by atoms with E-state index in [9.17, 15) is 13.6 Å². The standard InChI is InChI=1S/C5H9F2NO4S/c1-2-3-8-4(9)5(6,7)13-12-11-10/h10H,2-3H2,1H3,(H,8,9). The highest BCUT2D eigenvalue weighted by Gasteiger charge is 2.41. The lowest BCUT2D eigenvalue weighted by atomic mass is 10.5. The summed E-state index contributed by atoms with van der Waals surface area (Å²) >= 11 is -0.580. The minimum Gasteiger partial charge on any atom is -0.350 e. The zero-order chi connectivity index (χ0) is 10.3. The van der Waals surface area contributed by atoms with Crippen molar-refractivity contribution >= 4 is 17.9 Å². The molecule has 2 N–H and O–H groups in total.